The lowest BCUT2D eigenvalue weighted by Gasteiger charge is -2.15. The molecule has 0 aromatic carbocycles. The molecule has 1 aliphatic rings. The highest BCUT2D eigenvalue weighted by Crippen LogP contribution is 2.25. The van der Waals surface area contributed by atoms with Gasteiger partial charge in [0.1, 0.15) is 0 Å². The summed E-state index contributed by atoms with van der Waals surface area (Å²) in [6, 6.07) is 4.08. The number of carboxylic acid groups (broad SMARTS) is 1. The molecule has 6 heteroatoms. The molecule has 0 bridgehead atoms. The summed E-state index contributed by atoms with van der Waals surface area (Å²) >= 11 is 5.11. The maximum atomic E-state index is 12.1. The normalized spacial score (nSPS) is 22.2. The topological polar surface area (TPSA) is 57.6 Å². The van der Waals surface area contributed by atoms with Gasteiger partial charge in [-0.1, -0.05) is 6.92 Å². The van der Waals surface area contributed by atoms with E-state index in [-0.39, 0.29) is 11.8 Å². The molecule has 1 saturated heterocycles. The van der Waals surface area contributed by atoms with E-state index in [1.54, 1.807) is 16.2 Å². The third-order valence-electron chi connectivity index (χ3n) is 3.72. The molecule has 1 amide bonds. The van der Waals surface area contributed by atoms with Gasteiger partial charge in [-0.15, -0.1) is 11.3 Å². The first-order chi connectivity index (χ1) is 9.47. The number of nitrogens with zero attached hydrogens (tertiary/aromatic N) is 1. The Morgan fingerprint density at radius 2 is 2.20 bits per heavy atom. The Balaban J connectivity index is 1.77. The van der Waals surface area contributed by atoms with Crippen LogP contribution in [0.25, 0.3) is 0 Å². The second kappa shape index (κ2) is 6.72. The molecule has 0 spiro atoms. The number of carbonyl (C=O) groups excluding carboxylic acids is 1. The van der Waals surface area contributed by atoms with Crippen LogP contribution in [0.3, 0.4) is 0 Å². The first-order valence-electron chi connectivity index (χ1n) is 6.72. The molecule has 1 N–H and O–H groups in total. The number of amides is 1. The van der Waals surface area contributed by atoms with Crippen LogP contribution in [0.2, 0.25) is 0 Å². The number of thiophene rings is 1. The highest BCUT2D eigenvalue weighted by molar-refractivity contribution is 9.11. The van der Waals surface area contributed by atoms with Crippen molar-refractivity contribution in [1.29, 1.82) is 0 Å². The molecule has 20 heavy (non-hydrogen) atoms. The average Bonchev–Trinajstić information content (AvgIpc) is 2.95. The predicted octanol–water partition coefficient (Wildman–Crippen LogP) is 3.01. The summed E-state index contributed by atoms with van der Waals surface area (Å²) in [4.78, 5) is 26.1. The lowest BCUT2D eigenvalue weighted by Crippen LogP contribution is -2.29. The van der Waals surface area contributed by atoms with Crippen LogP contribution in [0.5, 0.6) is 0 Å². The molecule has 2 heterocycles. The van der Waals surface area contributed by atoms with E-state index in [9.17, 15) is 9.59 Å². The van der Waals surface area contributed by atoms with Crippen molar-refractivity contribution in [2.24, 2.45) is 11.8 Å². The van der Waals surface area contributed by atoms with Crippen molar-refractivity contribution in [3.63, 3.8) is 0 Å². The van der Waals surface area contributed by atoms with E-state index in [4.69, 9.17) is 5.11 Å². The van der Waals surface area contributed by atoms with Gasteiger partial charge in [0.05, 0.1) is 9.70 Å². The highest BCUT2D eigenvalue weighted by atomic mass is 79.9. The zero-order valence-corrected chi connectivity index (χ0v) is 13.7. The summed E-state index contributed by atoms with van der Waals surface area (Å²) < 4.78 is 1.11. The van der Waals surface area contributed by atoms with Crippen molar-refractivity contribution in [2.45, 2.75) is 26.2 Å². The standard InChI is InChI=1S/C14H18BrNO3S/c1-9-7-16(8-11(9)14(18)19)13(17)4-2-3-10-5-6-12(15)20-10/h5-6,9,11H,2-4,7-8H2,1H3,(H,18,19). The maximum Gasteiger partial charge on any atom is 0.308 e. The fourth-order valence-electron chi connectivity index (χ4n) is 2.55. The average molecular weight is 360 g/mol. The summed E-state index contributed by atoms with van der Waals surface area (Å²) in [5.74, 6) is -1.08. The van der Waals surface area contributed by atoms with Crippen LogP contribution in [-0.2, 0) is 16.0 Å². The Hall–Kier alpha value is -0.880. The quantitative estimate of drug-likeness (QED) is 0.878. The summed E-state index contributed by atoms with van der Waals surface area (Å²) in [6.45, 7) is 2.83. The van der Waals surface area contributed by atoms with Gasteiger partial charge in [0.15, 0.2) is 0 Å². The largest absolute Gasteiger partial charge is 0.481 e. The third-order valence-corrected chi connectivity index (χ3v) is 5.41. The molecule has 0 aliphatic carbocycles. The van der Waals surface area contributed by atoms with E-state index in [2.05, 4.69) is 22.0 Å². The summed E-state index contributed by atoms with van der Waals surface area (Å²) in [7, 11) is 0. The molecule has 0 saturated carbocycles. The van der Waals surface area contributed by atoms with Gasteiger partial charge < -0.3 is 10.0 Å². The number of aryl methyl sites for hydroxylation is 1. The van der Waals surface area contributed by atoms with Crippen LogP contribution >= 0.6 is 27.3 Å². The monoisotopic (exact) mass is 359 g/mol. The zero-order chi connectivity index (χ0) is 14.7. The Kier molecular flexibility index (Phi) is 5.21. The van der Waals surface area contributed by atoms with Crippen LogP contribution in [0, 0.1) is 11.8 Å². The van der Waals surface area contributed by atoms with Crippen molar-refractivity contribution in [1.82, 2.24) is 4.90 Å². The predicted molar refractivity (Wildman–Crippen MR) is 81.8 cm³/mol. The Morgan fingerprint density at radius 3 is 2.75 bits per heavy atom. The van der Waals surface area contributed by atoms with Crippen molar-refractivity contribution in [3.8, 4) is 0 Å². The Bertz CT molecular complexity index is 502. The van der Waals surface area contributed by atoms with Crippen molar-refractivity contribution < 1.29 is 14.7 Å². The molecule has 2 unspecified atom stereocenters. The third kappa shape index (κ3) is 3.82. The fourth-order valence-corrected chi connectivity index (χ4v) is 4.07. The number of hydrogen-bond donors (Lipinski definition) is 1. The van der Waals surface area contributed by atoms with Crippen molar-refractivity contribution in [2.75, 3.05) is 13.1 Å². The molecule has 2 atom stereocenters. The van der Waals surface area contributed by atoms with E-state index < -0.39 is 11.9 Å². The van der Waals surface area contributed by atoms with E-state index in [0.717, 1.165) is 16.6 Å². The first-order valence-corrected chi connectivity index (χ1v) is 8.33. The van der Waals surface area contributed by atoms with Gasteiger partial charge >= 0.3 is 5.97 Å². The molecule has 0 radical (unpaired) electrons. The number of halogens is 1. The van der Waals surface area contributed by atoms with E-state index in [1.807, 2.05) is 13.0 Å². The van der Waals surface area contributed by atoms with Gasteiger partial charge in [0.25, 0.3) is 0 Å². The number of carboxylic acids is 1. The number of aliphatic carboxylic acids is 1. The SMILES string of the molecule is CC1CN(C(=O)CCCc2ccc(Br)s2)CC1C(=O)O. The minimum absolute atomic E-state index is 0.0460. The van der Waals surface area contributed by atoms with E-state index >= 15 is 0 Å². The molecule has 2 rings (SSSR count). The molecule has 4 nitrogen and oxygen atoms in total. The number of hydrogen-bond acceptors (Lipinski definition) is 3. The van der Waals surface area contributed by atoms with Crippen LogP contribution in [0.4, 0.5) is 0 Å². The molecule has 1 aromatic heterocycles. The smallest absolute Gasteiger partial charge is 0.308 e. The molecular weight excluding hydrogens is 342 g/mol. The number of likely N-dealkylation sites (tertiary alicyclic amines) is 1. The molecule has 110 valence electrons. The highest BCUT2D eigenvalue weighted by Gasteiger charge is 2.36. The second-order valence-electron chi connectivity index (χ2n) is 5.28. The minimum atomic E-state index is -0.795. The van der Waals surface area contributed by atoms with Gasteiger partial charge in [-0.05, 0) is 46.8 Å². The van der Waals surface area contributed by atoms with Gasteiger partial charge in [-0.25, -0.2) is 0 Å². The number of carbonyl (C=O) groups is 2. The lowest BCUT2D eigenvalue weighted by molar-refractivity contribution is -0.142. The zero-order valence-electron chi connectivity index (χ0n) is 11.3. The van der Waals surface area contributed by atoms with Crippen LogP contribution in [0.1, 0.15) is 24.6 Å². The lowest BCUT2D eigenvalue weighted by atomic mass is 9.99. The maximum absolute atomic E-state index is 12.1. The van der Waals surface area contributed by atoms with Gasteiger partial charge in [-0.3, -0.25) is 9.59 Å². The van der Waals surface area contributed by atoms with Crippen molar-refractivity contribution in [3.05, 3.63) is 20.8 Å². The number of rotatable bonds is 5. The van der Waals surface area contributed by atoms with Gasteiger partial charge in [-0.2, -0.15) is 0 Å². The van der Waals surface area contributed by atoms with Gasteiger partial charge in [0.2, 0.25) is 5.91 Å². The van der Waals surface area contributed by atoms with Gasteiger partial charge in [0, 0.05) is 24.4 Å². The summed E-state index contributed by atoms with van der Waals surface area (Å²) in [5.41, 5.74) is 0. The molecule has 1 aliphatic heterocycles. The van der Waals surface area contributed by atoms with Crippen molar-refractivity contribution >= 4 is 39.1 Å². The molecule has 1 aromatic rings. The van der Waals surface area contributed by atoms with Crippen LogP contribution in [-0.4, -0.2) is 35.0 Å². The Morgan fingerprint density at radius 1 is 1.45 bits per heavy atom. The second-order valence-corrected chi connectivity index (χ2v) is 7.83. The molecular formula is C14H18BrNO3S. The van der Waals surface area contributed by atoms with E-state index in [1.165, 1.54) is 4.88 Å². The van der Waals surface area contributed by atoms with Crippen LogP contribution in [0.15, 0.2) is 15.9 Å². The van der Waals surface area contributed by atoms with Crippen LogP contribution < -0.4 is 0 Å². The Labute approximate surface area is 130 Å². The summed E-state index contributed by atoms with van der Waals surface area (Å²) in [6.07, 6.45) is 2.21. The molecule has 1 fully saturated rings. The summed E-state index contributed by atoms with van der Waals surface area (Å²) in [5, 5.41) is 9.07. The first kappa shape index (κ1) is 15.5. The fraction of sp³-hybridized carbons (Fsp3) is 0.571. The van der Waals surface area contributed by atoms with E-state index in [0.29, 0.717) is 19.5 Å². The minimum Gasteiger partial charge on any atom is -0.481 e.